The van der Waals surface area contributed by atoms with Gasteiger partial charge in [-0.15, -0.1) is 0 Å². The molecule has 0 spiro atoms. The maximum atomic E-state index is 11.9. The number of ether oxygens (including phenoxy) is 3. The monoisotopic (exact) mass is 260 g/mol. The van der Waals surface area contributed by atoms with Gasteiger partial charge in [-0.05, 0) is 48.5 Å². The van der Waals surface area contributed by atoms with E-state index in [9.17, 15) is 4.79 Å². The SMILES string of the molecule is COC(=O)C(C)(COC(C)(C)C)COC(C)(C)C. The van der Waals surface area contributed by atoms with E-state index in [-0.39, 0.29) is 30.4 Å². The third-order valence-corrected chi connectivity index (χ3v) is 2.33. The van der Waals surface area contributed by atoms with Crippen molar-refractivity contribution in [2.24, 2.45) is 5.41 Å². The Balaban J connectivity index is 4.69. The van der Waals surface area contributed by atoms with Crippen LogP contribution in [0.2, 0.25) is 0 Å². The molecule has 0 atom stereocenters. The summed E-state index contributed by atoms with van der Waals surface area (Å²) in [5.74, 6) is -0.309. The molecule has 0 aliphatic heterocycles. The van der Waals surface area contributed by atoms with Crippen LogP contribution in [0.1, 0.15) is 48.5 Å². The van der Waals surface area contributed by atoms with E-state index in [1.165, 1.54) is 7.11 Å². The van der Waals surface area contributed by atoms with Gasteiger partial charge >= 0.3 is 5.97 Å². The largest absolute Gasteiger partial charge is 0.468 e. The summed E-state index contributed by atoms with van der Waals surface area (Å²) < 4.78 is 16.3. The minimum Gasteiger partial charge on any atom is -0.468 e. The molecule has 4 nitrogen and oxygen atoms in total. The number of esters is 1. The lowest BCUT2D eigenvalue weighted by Gasteiger charge is -2.32. The molecule has 0 aliphatic carbocycles. The minimum atomic E-state index is -0.782. The molecular formula is C14H28O4. The van der Waals surface area contributed by atoms with E-state index >= 15 is 0 Å². The predicted octanol–water partition coefficient (Wildman–Crippen LogP) is 2.80. The van der Waals surface area contributed by atoms with Crippen molar-refractivity contribution in [1.29, 1.82) is 0 Å². The fourth-order valence-electron chi connectivity index (χ4n) is 1.16. The molecule has 0 aromatic heterocycles. The first kappa shape index (κ1) is 17.4. The summed E-state index contributed by atoms with van der Waals surface area (Å²) in [4.78, 5) is 11.9. The molecule has 0 N–H and O–H groups in total. The molecule has 0 fully saturated rings. The van der Waals surface area contributed by atoms with Crippen LogP contribution in [0.25, 0.3) is 0 Å². The molecule has 0 unspecified atom stereocenters. The lowest BCUT2D eigenvalue weighted by Crippen LogP contribution is -2.42. The Labute approximate surface area is 111 Å². The average Bonchev–Trinajstić information content (AvgIpc) is 2.20. The highest BCUT2D eigenvalue weighted by atomic mass is 16.5. The second-order valence-corrected chi connectivity index (χ2v) is 6.85. The van der Waals surface area contributed by atoms with Crippen LogP contribution in [-0.4, -0.2) is 37.5 Å². The van der Waals surface area contributed by atoms with Gasteiger partial charge in [0.05, 0.1) is 31.5 Å². The summed E-state index contributed by atoms with van der Waals surface area (Å²) in [6.45, 7) is 14.1. The molecule has 0 amide bonds. The highest BCUT2D eigenvalue weighted by molar-refractivity contribution is 5.76. The number of hydrogen-bond donors (Lipinski definition) is 0. The minimum absolute atomic E-state index is 0.277. The van der Waals surface area contributed by atoms with Crippen molar-refractivity contribution in [3.8, 4) is 0 Å². The first-order chi connectivity index (χ1) is 7.90. The first-order valence-electron chi connectivity index (χ1n) is 6.26. The van der Waals surface area contributed by atoms with Crippen LogP contribution in [0.15, 0.2) is 0 Å². The fraction of sp³-hybridized carbons (Fsp3) is 0.929. The molecule has 108 valence electrons. The molecule has 0 aromatic rings. The molecule has 0 saturated carbocycles. The molecule has 0 saturated heterocycles. The van der Waals surface area contributed by atoms with E-state index < -0.39 is 5.41 Å². The number of rotatable bonds is 5. The van der Waals surface area contributed by atoms with Crippen molar-refractivity contribution in [2.45, 2.75) is 59.7 Å². The summed E-state index contributed by atoms with van der Waals surface area (Å²) in [7, 11) is 1.38. The number of hydrogen-bond acceptors (Lipinski definition) is 4. The van der Waals surface area contributed by atoms with Gasteiger partial charge in [0.2, 0.25) is 0 Å². The van der Waals surface area contributed by atoms with Gasteiger partial charge in [0.25, 0.3) is 0 Å². The quantitative estimate of drug-likeness (QED) is 0.713. The van der Waals surface area contributed by atoms with Crippen LogP contribution in [0, 0.1) is 5.41 Å². The highest BCUT2D eigenvalue weighted by Gasteiger charge is 2.37. The van der Waals surface area contributed by atoms with Crippen molar-refractivity contribution in [2.75, 3.05) is 20.3 Å². The molecule has 0 bridgehead atoms. The lowest BCUT2D eigenvalue weighted by molar-refractivity contribution is -0.169. The zero-order chi connectivity index (χ0) is 14.6. The molecular weight excluding hydrogens is 232 g/mol. The Morgan fingerprint density at radius 2 is 1.17 bits per heavy atom. The summed E-state index contributed by atoms with van der Waals surface area (Å²) >= 11 is 0. The van der Waals surface area contributed by atoms with Crippen LogP contribution in [0.4, 0.5) is 0 Å². The standard InChI is InChI=1S/C14H28O4/c1-12(2,3)17-9-14(7,11(15)16-8)10-18-13(4,5)6/h9-10H2,1-8H3. The molecule has 18 heavy (non-hydrogen) atoms. The second-order valence-electron chi connectivity index (χ2n) is 6.85. The van der Waals surface area contributed by atoms with E-state index in [1.54, 1.807) is 6.92 Å². The van der Waals surface area contributed by atoms with Crippen LogP contribution in [0.3, 0.4) is 0 Å². The third-order valence-electron chi connectivity index (χ3n) is 2.33. The Bertz CT molecular complexity index is 252. The molecule has 0 aromatic carbocycles. The second kappa shape index (κ2) is 6.02. The number of carbonyl (C=O) groups excluding carboxylic acids is 1. The smallest absolute Gasteiger partial charge is 0.316 e. The third kappa shape index (κ3) is 6.97. The number of carbonyl (C=O) groups is 1. The Morgan fingerprint density at radius 3 is 1.39 bits per heavy atom. The van der Waals surface area contributed by atoms with Gasteiger partial charge in [-0.3, -0.25) is 4.79 Å². The number of methoxy groups -OCH3 is 1. The normalized spacial score (nSPS) is 13.6. The Morgan fingerprint density at radius 1 is 0.833 bits per heavy atom. The zero-order valence-electron chi connectivity index (χ0n) is 13.0. The topological polar surface area (TPSA) is 44.8 Å². The van der Waals surface area contributed by atoms with Crippen LogP contribution < -0.4 is 0 Å². The predicted molar refractivity (Wildman–Crippen MR) is 71.5 cm³/mol. The van der Waals surface area contributed by atoms with Crippen LogP contribution >= 0.6 is 0 Å². The molecule has 0 radical (unpaired) electrons. The van der Waals surface area contributed by atoms with Gasteiger partial charge in [0.1, 0.15) is 5.41 Å². The van der Waals surface area contributed by atoms with Crippen molar-refractivity contribution < 1.29 is 19.0 Å². The molecule has 0 rings (SSSR count). The van der Waals surface area contributed by atoms with Crippen molar-refractivity contribution >= 4 is 5.97 Å². The zero-order valence-corrected chi connectivity index (χ0v) is 13.0. The lowest BCUT2D eigenvalue weighted by atomic mass is 9.92. The van der Waals surface area contributed by atoms with Crippen LogP contribution in [0.5, 0.6) is 0 Å². The summed E-state index contributed by atoms with van der Waals surface area (Å²) in [5.41, 5.74) is -1.37. The van der Waals surface area contributed by atoms with E-state index in [2.05, 4.69) is 0 Å². The van der Waals surface area contributed by atoms with Crippen molar-refractivity contribution in [3.63, 3.8) is 0 Å². The van der Waals surface area contributed by atoms with Gasteiger partial charge in [0.15, 0.2) is 0 Å². The van der Waals surface area contributed by atoms with Gasteiger partial charge in [0, 0.05) is 0 Å². The van der Waals surface area contributed by atoms with Crippen molar-refractivity contribution in [3.05, 3.63) is 0 Å². The average molecular weight is 260 g/mol. The van der Waals surface area contributed by atoms with Crippen molar-refractivity contribution in [1.82, 2.24) is 0 Å². The van der Waals surface area contributed by atoms with Gasteiger partial charge in [-0.2, -0.15) is 0 Å². The summed E-state index contributed by atoms with van der Waals surface area (Å²) in [5, 5.41) is 0. The molecule has 0 aliphatic rings. The molecule has 0 heterocycles. The highest BCUT2D eigenvalue weighted by Crippen LogP contribution is 2.25. The maximum absolute atomic E-state index is 11.9. The molecule has 4 heteroatoms. The van der Waals surface area contributed by atoms with Crippen LogP contribution in [-0.2, 0) is 19.0 Å². The summed E-state index contributed by atoms with van der Waals surface area (Å²) in [6, 6.07) is 0. The Kier molecular flexibility index (Phi) is 5.82. The van der Waals surface area contributed by atoms with Gasteiger partial charge < -0.3 is 14.2 Å². The fourth-order valence-corrected chi connectivity index (χ4v) is 1.16. The maximum Gasteiger partial charge on any atom is 0.316 e. The summed E-state index contributed by atoms with van der Waals surface area (Å²) in [6.07, 6.45) is 0. The van der Waals surface area contributed by atoms with E-state index in [0.29, 0.717) is 0 Å². The van der Waals surface area contributed by atoms with E-state index in [4.69, 9.17) is 14.2 Å². The first-order valence-corrected chi connectivity index (χ1v) is 6.26. The van der Waals surface area contributed by atoms with Gasteiger partial charge in [-0.1, -0.05) is 0 Å². The van der Waals surface area contributed by atoms with E-state index in [1.807, 2.05) is 41.5 Å². The van der Waals surface area contributed by atoms with Gasteiger partial charge in [-0.25, -0.2) is 0 Å². The Hall–Kier alpha value is -0.610. The van der Waals surface area contributed by atoms with E-state index in [0.717, 1.165) is 0 Å².